The normalized spacial score (nSPS) is 20.2. The van der Waals surface area contributed by atoms with Gasteiger partial charge in [-0.15, -0.1) is 0 Å². The van der Waals surface area contributed by atoms with Gasteiger partial charge in [0.15, 0.2) is 0 Å². The fourth-order valence-electron chi connectivity index (χ4n) is 1.18. The van der Waals surface area contributed by atoms with Gasteiger partial charge in [0.1, 0.15) is 6.54 Å². The van der Waals surface area contributed by atoms with Gasteiger partial charge in [-0.1, -0.05) is 0 Å². The summed E-state index contributed by atoms with van der Waals surface area (Å²) < 4.78 is 0. The summed E-state index contributed by atoms with van der Waals surface area (Å²) in [7, 11) is 0. The van der Waals surface area contributed by atoms with Crippen molar-refractivity contribution in [2.45, 2.75) is 0 Å². The number of hydrazine groups is 2. The van der Waals surface area contributed by atoms with E-state index < -0.39 is 5.97 Å². The van der Waals surface area contributed by atoms with E-state index in [0.29, 0.717) is 0 Å². The molecule has 0 amide bonds. The lowest BCUT2D eigenvalue weighted by Gasteiger charge is -2.32. The van der Waals surface area contributed by atoms with Crippen LogP contribution in [0.5, 0.6) is 0 Å². The monoisotopic (exact) mass is 216 g/mol. The molecular weight excluding hydrogens is 200 g/mol. The Morgan fingerprint density at radius 1 is 1.40 bits per heavy atom. The zero-order chi connectivity index (χ0) is 11.3. The third kappa shape index (κ3) is 4.58. The fraction of sp³-hybridized carbons (Fsp3) is 0.714. The van der Waals surface area contributed by atoms with Crippen molar-refractivity contribution < 1.29 is 9.90 Å². The largest absolute Gasteiger partial charge is 0.480 e. The zero-order valence-corrected chi connectivity index (χ0v) is 8.39. The number of rotatable bonds is 3. The van der Waals surface area contributed by atoms with E-state index >= 15 is 0 Å². The maximum absolute atomic E-state index is 10.2. The molecule has 0 atom stereocenters. The van der Waals surface area contributed by atoms with E-state index in [-0.39, 0.29) is 12.5 Å². The summed E-state index contributed by atoms with van der Waals surface area (Å²) in [5.41, 5.74) is 8.29. The number of guanidine groups is 1. The maximum Gasteiger partial charge on any atom is 0.325 e. The smallest absolute Gasteiger partial charge is 0.325 e. The Kier molecular flexibility index (Phi) is 4.28. The summed E-state index contributed by atoms with van der Waals surface area (Å²) in [6, 6.07) is 0. The Morgan fingerprint density at radius 2 is 2.00 bits per heavy atom. The second kappa shape index (κ2) is 5.49. The summed E-state index contributed by atoms with van der Waals surface area (Å²) in [5.74, 6) is 4.67. The van der Waals surface area contributed by atoms with Gasteiger partial charge in [0.25, 0.3) is 0 Å². The standard InChI is InChI=1S/C7H16N6O2/c8-7(10-5-6(14)15)11-13-3-1-12(9)2-4-13/h1-5,9H2,(H,14,15)(H3,8,10,11). The summed E-state index contributed by atoms with van der Waals surface area (Å²) >= 11 is 0. The number of hydrogen-bond donors (Lipinski definition) is 4. The van der Waals surface area contributed by atoms with Gasteiger partial charge < -0.3 is 10.8 Å². The number of carbonyl (C=O) groups is 1. The molecule has 0 spiro atoms. The highest BCUT2D eigenvalue weighted by atomic mass is 16.4. The van der Waals surface area contributed by atoms with Gasteiger partial charge in [-0.05, 0) is 0 Å². The zero-order valence-electron chi connectivity index (χ0n) is 8.39. The molecule has 0 bridgehead atoms. The van der Waals surface area contributed by atoms with E-state index in [2.05, 4.69) is 10.4 Å². The highest BCUT2D eigenvalue weighted by Crippen LogP contribution is 1.92. The van der Waals surface area contributed by atoms with Gasteiger partial charge in [0.2, 0.25) is 5.96 Å². The van der Waals surface area contributed by atoms with Crippen LogP contribution in [0.4, 0.5) is 0 Å². The second-order valence-electron chi connectivity index (χ2n) is 3.23. The minimum absolute atomic E-state index is 0.114. The van der Waals surface area contributed by atoms with Crippen molar-refractivity contribution in [2.24, 2.45) is 16.6 Å². The van der Waals surface area contributed by atoms with Crippen LogP contribution in [-0.4, -0.2) is 59.8 Å². The van der Waals surface area contributed by atoms with Crippen LogP contribution in [0.2, 0.25) is 0 Å². The van der Waals surface area contributed by atoms with Crippen molar-refractivity contribution in [1.29, 1.82) is 0 Å². The van der Waals surface area contributed by atoms with Crippen LogP contribution < -0.4 is 17.0 Å². The Hall–Kier alpha value is -1.38. The van der Waals surface area contributed by atoms with Gasteiger partial charge in [-0.3, -0.25) is 16.1 Å². The Bertz CT molecular complexity index is 248. The number of nitrogens with zero attached hydrogens (tertiary/aromatic N) is 3. The molecule has 1 aliphatic rings. The first-order valence-electron chi connectivity index (χ1n) is 4.61. The number of piperazine rings is 1. The number of aliphatic carboxylic acids is 1. The van der Waals surface area contributed by atoms with Crippen LogP contribution in [0, 0.1) is 0 Å². The van der Waals surface area contributed by atoms with Crippen molar-refractivity contribution in [3.05, 3.63) is 0 Å². The molecule has 1 aliphatic heterocycles. The highest BCUT2D eigenvalue weighted by molar-refractivity contribution is 5.80. The van der Waals surface area contributed by atoms with Crippen LogP contribution in [0.25, 0.3) is 0 Å². The fourth-order valence-corrected chi connectivity index (χ4v) is 1.18. The molecule has 1 saturated heterocycles. The summed E-state index contributed by atoms with van der Waals surface area (Å²) in [6.07, 6.45) is 0. The Balaban J connectivity index is 2.28. The third-order valence-electron chi connectivity index (χ3n) is 1.97. The van der Waals surface area contributed by atoms with Crippen molar-refractivity contribution in [1.82, 2.24) is 15.4 Å². The lowest BCUT2D eigenvalue weighted by atomic mass is 10.4. The molecule has 15 heavy (non-hydrogen) atoms. The van der Waals surface area contributed by atoms with E-state index in [9.17, 15) is 4.79 Å². The molecule has 86 valence electrons. The average Bonchev–Trinajstić information content (AvgIpc) is 2.19. The van der Waals surface area contributed by atoms with Crippen LogP contribution in [0.3, 0.4) is 0 Å². The summed E-state index contributed by atoms with van der Waals surface area (Å²) in [4.78, 5) is 13.8. The van der Waals surface area contributed by atoms with Crippen LogP contribution >= 0.6 is 0 Å². The first-order chi connectivity index (χ1) is 7.08. The number of nitrogens with two attached hydrogens (primary N) is 2. The van der Waals surface area contributed by atoms with Gasteiger partial charge in [0, 0.05) is 26.2 Å². The molecule has 0 aliphatic carbocycles. The lowest BCUT2D eigenvalue weighted by Crippen LogP contribution is -2.56. The van der Waals surface area contributed by atoms with Crippen LogP contribution in [0.1, 0.15) is 0 Å². The van der Waals surface area contributed by atoms with Crippen molar-refractivity contribution >= 4 is 11.9 Å². The van der Waals surface area contributed by atoms with E-state index in [1.807, 2.05) is 5.01 Å². The second-order valence-corrected chi connectivity index (χ2v) is 3.23. The number of aliphatic imine (C=N–C) groups is 1. The van der Waals surface area contributed by atoms with Crippen LogP contribution in [-0.2, 0) is 4.79 Å². The molecule has 1 heterocycles. The summed E-state index contributed by atoms with van der Waals surface area (Å²) in [6.45, 7) is 2.59. The molecule has 0 aromatic heterocycles. The molecule has 0 unspecified atom stereocenters. The van der Waals surface area contributed by atoms with Gasteiger partial charge in [-0.2, -0.15) is 0 Å². The third-order valence-corrected chi connectivity index (χ3v) is 1.97. The summed E-state index contributed by atoms with van der Waals surface area (Å²) in [5, 5.41) is 11.9. The molecule has 8 heteroatoms. The number of carboxylic acid groups (broad SMARTS) is 1. The van der Waals surface area contributed by atoms with E-state index in [1.165, 1.54) is 0 Å². The van der Waals surface area contributed by atoms with Crippen molar-refractivity contribution in [3.8, 4) is 0 Å². The molecule has 0 aromatic carbocycles. The molecule has 0 radical (unpaired) electrons. The predicted molar refractivity (Wildman–Crippen MR) is 54.6 cm³/mol. The predicted octanol–water partition coefficient (Wildman–Crippen LogP) is -2.62. The number of hydrogen-bond acceptors (Lipinski definition) is 5. The molecule has 6 N–H and O–H groups in total. The lowest BCUT2D eigenvalue weighted by molar-refractivity contribution is -0.135. The first-order valence-corrected chi connectivity index (χ1v) is 4.61. The Morgan fingerprint density at radius 3 is 2.53 bits per heavy atom. The van der Waals surface area contributed by atoms with Gasteiger partial charge >= 0.3 is 5.97 Å². The molecule has 8 nitrogen and oxygen atoms in total. The molecule has 0 aromatic rings. The average molecular weight is 216 g/mol. The maximum atomic E-state index is 10.2. The topological polar surface area (TPSA) is 120 Å². The van der Waals surface area contributed by atoms with E-state index in [4.69, 9.17) is 16.7 Å². The number of carboxylic acids is 1. The Labute approximate surface area is 87.5 Å². The first kappa shape index (κ1) is 11.7. The molecule has 0 saturated carbocycles. The van der Waals surface area contributed by atoms with Crippen molar-refractivity contribution in [3.63, 3.8) is 0 Å². The minimum atomic E-state index is -1.01. The molecule has 1 rings (SSSR count). The van der Waals surface area contributed by atoms with E-state index in [0.717, 1.165) is 26.2 Å². The van der Waals surface area contributed by atoms with E-state index in [1.54, 1.807) is 5.01 Å². The van der Waals surface area contributed by atoms with Gasteiger partial charge in [0.05, 0.1) is 0 Å². The van der Waals surface area contributed by atoms with Gasteiger partial charge in [-0.25, -0.2) is 15.0 Å². The number of nitrogens with one attached hydrogen (secondary N) is 1. The molecule has 1 fully saturated rings. The molecular formula is C7H16N6O2. The highest BCUT2D eigenvalue weighted by Gasteiger charge is 2.14. The quantitative estimate of drug-likeness (QED) is 0.231. The van der Waals surface area contributed by atoms with Crippen LogP contribution in [0.15, 0.2) is 4.99 Å². The SMILES string of the molecule is NC(=NCC(=O)O)NN1CCN(N)CC1. The van der Waals surface area contributed by atoms with Crippen molar-refractivity contribution in [2.75, 3.05) is 32.7 Å². The minimum Gasteiger partial charge on any atom is -0.480 e.